The number of halogens is 1. The molecule has 2 rings (SSSR count). The highest BCUT2D eigenvalue weighted by Crippen LogP contribution is 2.28. The van der Waals surface area contributed by atoms with Gasteiger partial charge in [-0.1, -0.05) is 12.8 Å². The molecule has 1 aliphatic rings. The third-order valence-electron chi connectivity index (χ3n) is 4.21. The van der Waals surface area contributed by atoms with Gasteiger partial charge in [0.25, 0.3) is 0 Å². The quantitative estimate of drug-likeness (QED) is 0.710. The number of nitrogens with one attached hydrogen (secondary N) is 1. The van der Waals surface area contributed by atoms with Crippen molar-refractivity contribution in [2.24, 2.45) is 11.7 Å². The molecule has 8 heteroatoms. The third kappa shape index (κ3) is 5.17. The van der Waals surface area contributed by atoms with E-state index < -0.39 is 16.0 Å². The number of carbonyl (C=O) groups is 1. The number of rotatable bonds is 7. The molecule has 136 valence electrons. The molecule has 6 nitrogen and oxygen atoms in total. The Kier molecular flexibility index (Phi) is 8.15. The molecule has 0 aromatic heterocycles. The lowest BCUT2D eigenvalue weighted by molar-refractivity contribution is 0.0526. The van der Waals surface area contributed by atoms with E-state index in [1.807, 2.05) is 0 Å². The average molecular weight is 377 g/mol. The topological polar surface area (TPSA) is 98.5 Å². The Morgan fingerprint density at radius 1 is 1.29 bits per heavy atom. The van der Waals surface area contributed by atoms with Gasteiger partial charge in [0.2, 0.25) is 10.0 Å². The first kappa shape index (κ1) is 20.9. The van der Waals surface area contributed by atoms with Crippen LogP contribution in [0.1, 0.15) is 43.0 Å². The van der Waals surface area contributed by atoms with Crippen LogP contribution in [-0.2, 0) is 14.8 Å². The lowest BCUT2D eigenvalue weighted by Gasteiger charge is -2.23. The zero-order valence-corrected chi connectivity index (χ0v) is 15.4. The van der Waals surface area contributed by atoms with Crippen LogP contribution in [0.4, 0.5) is 0 Å². The van der Waals surface area contributed by atoms with Crippen molar-refractivity contribution in [2.75, 3.05) is 13.2 Å². The van der Waals surface area contributed by atoms with E-state index >= 15 is 0 Å². The molecule has 1 saturated carbocycles. The van der Waals surface area contributed by atoms with Gasteiger partial charge in [-0.25, -0.2) is 17.9 Å². The Hall–Kier alpha value is -1.15. The van der Waals surface area contributed by atoms with Gasteiger partial charge in [0.1, 0.15) is 0 Å². The van der Waals surface area contributed by atoms with Crippen molar-refractivity contribution in [3.05, 3.63) is 29.8 Å². The summed E-state index contributed by atoms with van der Waals surface area (Å²) in [6, 6.07) is 5.50. The Morgan fingerprint density at radius 3 is 2.38 bits per heavy atom. The summed E-state index contributed by atoms with van der Waals surface area (Å²) in [5, 5.41) is 0. The second-order valence-electron chi connectivity index (χ2n) is 5.75. The summed E-state index contributed by atoms with van der Waals surface area (Å²) in [7, 11) is -3.65. The van der Waals surface area contributed by atoms with Gasteiger partial charge in [0.15, 0.2) is 0 Å². The molecule has 0 aliphatic heterocycles. The molecule has 1 unspecified atom stereocenters. The summed E-state index contributed by atoms with van der Waals surface area (Å²) >= 11 is 0. The second kappa shape index (κ2) is 9.36. The van der Waals surface area contributed by atoms with Gasteiger partial charge in [-0.3, -0.25) is 0 Å². The number of esters is 1. The van der Waals surface area contributed by atoms with Gasteiger partial charge in [-0.15, -0.1) is 12.4 Å². The molecule has 1 aliphatic carbocycles. The fourth-order valence-electron chi connectivity index (χ4n) is 2.95. The van der Waals surface area contributed by atoms with Crippen LogP contribution in [0.15, 0.2) is 29.2 Å². The Morgan fingerprint density at radius 2 is 1.88 bits per heavy atom. The van der Waals surface area contributed by atoms with Crippen LogP contribution in [0, 0.1) is 5.92 Å². The highest BCUT2D eigenvalue weighted by Gasteiger charge is 2.28. The number of nitrogens with two attached hydrogens (primary N) is 1. The van der Waals surface area contributed by atoms with Gasteiger partial charge in [0.05, 0.1) is 17.1 Å². The summed E-state index contributed by atoms with van der Waals surface area (Å²) < 4.78 is 32.6. The lowest BCUT2D eigenvalue weighted by atomic mass is 9.99. The first-order valence-corrected chi connectivity index (χ1v) is 9.46. The van der Waals surface area contributed by atoms with Crippen LogP contribution >= 0.6 is 12.4 Å². The molecular formula is C16H25ClN2O4S. The van der Waals surface area contributed by atoms with Crippen LogP contribution < -0.4 is 10.5 Å². The van der Waals surface area contributed by atoms with E-state index in [9.17, 15) is 13.2 Å². The second-order valence-corrected chi connectivity index (χ2v) is 7.47. The maximum atomic E-state index is 12.5. The zero-order valence-electron chi connectivity index (χ0n) is 13.7. The van der Waals surface area contributed by atoms with E-state index in [4.69, 9.17) is 10.5 Å². The van der Waals surface area contributed by atoms with Crippen molar-refractivity contribution in [2.45, 2.75) is 43.5 Å². The molecule has 1 fully saturated rings. The maximum absolute atomic E-state index is 12.5. The van der Waals surface area contributed by atoms with Crippen LogP contribution in [0.2, 0.25) is 0 Å². The van der Waals surface area contributed by atoms with E-state index in [0.29, 0.717) is 11.5 Å². The van der Waals surface area contributed by atoms with Crippen molar-refractivity contribution in [1.82, 2.24) is 4.72 Å². The number of hydrogen-bond acceptors (Lipinski definition) is 5. The minimum Gasteiger partial charge on any atom is -0.462 e. The minimum atomic E-state index is -3.65. The fourth-order valence-corrected chi connectivity index (χ4v) is 4.27. The largest absolute Gasteiger partial charge is 0.462 e. The van der Waals surface area contributed by atoms with E-state index in [1.165, 1.54) is 24.3 Å². The molecule has 0 saturated heterocycles. The monoisotopic (exact) mass is 376 g/mol. The normalized spacial score (nSPS) is 16.4. The molecule has 1 aromatic carbocycles. The van der Waals surface area contributed by atoms with Crippen LogP contribution in [0.25, 0.3) is 0 Å². The van der Waals surface area contributed by atoms with Crippen molar-refractivity contribution in [1.29, 1.82) is 0 Å². The average Bonchev–Trinajstić information content (AvgIpc) is 3.07. The maximum Gasteiger partial charge on any atom is 0.338 e. The van der Waals surface area contributed by atoms with Crippen molar-refractivity contribution in [3.8, 4) is 0 Å². The van der Waals surface area contributed by atoms with Gasteiger partial charge in [-0.05, 0) is 49.9 Å². The molecule has 1 aromatic rings. The van der Waals surface area contributed by atoms with Gasteiger partial charge >= 0.3 is 5.97 Å². The zero-order chi connectivity index (χ0) is 16.9. The summed E-state index contributed by atoms with van der Waals surface area (Å²) in [5.41, 5.74) is 6.08. The smallest absolute Gasteiger partial charge is 0.338 e. The summed E-state index contributed by atoms with van der Waals surface area (Å²) in [5.74, 6) is -0.163. The highest BCUT2D eigenvalue weighted by atomic mass is 35.5. The van der Waals surface area contributed by atoms with E-state index in [1.54, 1.807) is 6.92 Å². The van der Waals surface area contributed by atoms with Gasteiger partial charge in [-0.2, -0.15) is 0 Å². The predicted molar refractivity (Wildman–Crippen MR) is 94.8 cm³/mol. The highest BCUT2D eigenvalue weighted by molar-refractivity contribution is 7.89. The summed E-state index contributed by atoms with van der Waals surface area (Å²) in [6.07, 6.45) is 4.26. The summed E-state index contributed by atoms with van der Waals surface area (Å²) in [4.78, 5) is 11.7. The molecule has 0 heterocycles. The first-order chi connectivity index (χ1) is 11.0. The van der Waals surface area contributed by atoms with E-state index in [-0.39, 0.29) is 36.5 Å². The molecule has 1 atom stereocenters. The van der Waals surface area contributed by atoms with Gasteiger partial charge in [0, 0.05) is 12.6 Å². The third-order valence-corrected chi connectivity index (χ3v) is 5.71. The number of hydrogen-bond donors (Lipinski definition) is 2. The molecule has 0 amide bonds. The van der Waals surface area contributed by atoms with E-state index in [0.717, 1.165) is 25.7 Å². The Labute approximate surface area is 149 Å². The number of benzene rings is 1. The van der Waals surface area contributed by atoms with Crippen LogP contribution in [0.3, 0.4) is 0 Å². The van der Waals surface area contributed by atoms with Gasteiger partial charge < -0.3 is 10.5 Å². The Balaban J connectivity index is 0.00000288. The van der Waals surface area contributed by atoms with Crippen molar-refractivity contribution in [3.63, 3.8) is 0 Å². The number of sulfonamides is 1. The SMILES string of the molecule is CCOC(=O)c1ccc(S(=O)(=O)NC(CN)C2CCCC2)cc1.Cl. The van der Waals surface area contributed by atoms with Crippen LogP contribution in [-0.4, -0.2) is 33.6 Å². The Bertz CT molecular complexity index is 628. The molecule has 0 bridgehead atoms. The molecule has 24 heavy (non-hydrogen) atoms. The first-order valence-electron chi connectivity index (χ1n) is 7.97. The van der Waals surface area contributed by atoms with Crippen LogP contribution in [0.5, 0.6) is 0 Å². The fraction of sp³-hybridized carbons (Fsp3) is 0.562. The molecule has 0 radical (unpaired) electrons. The number of carbonyl (C=O) groups excluding carboxylic acids is 1. The molecule has 0 spiro atoms. The molecular weight excluding hydrogens is 352 g/mol. The lowest BCUT2D eigenvalue weighted by Crippen LogP contribution is -2.44. The number of ether oxygens (including phenoxy) is 1. The molecule has 3 N–H and O–H groups in total. The predicted octanol–water partition coefficient (Wildman–Crippen LogP) is 2.08. The van der Waals surface area contributed by atoms with Crippen molar-refractivity contribution >= 4 is 28.4 Å². The van der Waals surface area contributed by atoms with E-state index in [2.05, 4.69) is 4.72 Å². The van der Waals surface area contributed by atoms with Crippen molar-refractivity contribution < 1.29 is 17.9 Å². The minimum absolute atomic E-state index is 0. The standard InChI is InChI=1S/C16H24N2O4S.ClH/c1-2-22-16(19)13-7-9-14(10-8-13)23(20,21)18-15(11-17)12-5-3-4-6-12;/h7-10,12,15,18H,2-6,11,17H2,1H3;1H. The summed E-state index contributed by atoms with van der Waals surface area (Å²) in [6.45, 7) is 2.28.